The second-order valence-corrected chi connectivity index (χ2v) is 10.0. The van der Waals surface area contributed by atoms with E-state index >= 15 is 0 Å². The zero-order valence-corrected chi connectivity index (χ0v) is 18.9. The fraction of sp³-hybridized carbons (Fsp3) is 0.615. The van der Waals surface area contributed by atoms with Crippen LogP contribution in [0.5, 0.6) is 11.5 Å². The van der Waals surface area contributed by atoms with E-state index in [1.165, 1.54) is 5.57 Å². The summed E-state index contributed by atoms with van der Waals surface area (Å²) >= 11 is 0. The molecule has 0 amide bonds. The highest BCUT2D eigenvalue weighted by Crippen LogP contribution is 2.56. The number of benzene rings is 1. The minimum atomic E-state index is -0.700. The number of carbonyl (C=O) groups is 1. The van der Waals surface area contributed by atoms with Gasteiger partial charge in [-0.1, -0.05) is 18.1 Å². The van der Waals surface area contributed by atoms with Gasteiger partial charge in [0.2, 0.25) is 0 Å². The maximum atomic E-state index is 13.0. The summed E-state index contributed by atoms with van der Waals surface area (Å²) in [6.07, 6.45) is 8.47. The molecule has 1 saturated carbocycles. The highest BCUT2D eigenvalue weighted by atomic mass is 16.5. The molecule has 0 saturated heterocycles. The van der Waals surface area contributed by atoms with Crippen LogP contribution in [0.2, 0.25) is 0 Å². The van der Waals surface area contributed by atoms with E-state index < -0.39 is 5.41 Å². The molecule has 2 unspecified atom stereocenters. The van der Waals surface area contributed by atoms with Gasteiger partial charge >= 0.3 is 5.97 Å². The molecule has 1 fully saturated rings. The van der Waals surface area contributed by atoms with Crippen molar-refractivity contribution in [2.75, 3.05) is 6.61 Å². The van der Waals surface area contributed by atoms with Crippen LogP contribution < -0.4 is 4.74 Å². The van der Waals surface area contributed by atoms with Gasteiger partial charge in [-0.05, 0) is 77.0 Å². The Morgan fingerprint density at radius 3 is 2.77 bits per heavy atom. The van der Waals surface area contributed by atoms with E-state index in [0.717, 1.165) is 49.7 Å². The average molecular weight is 424 g/mol. The standard InChI is InChI=1S/C26H33NO4/c1-17-8-9-20-19(14-17)23-21(28)15-18(16-22(23)31-25(20,2)3)26(10-7-11-26)24(29)30-13-6-4-5-12-27/h8,15-16,19-20,28H,4-7,9-11,13-14H2,1-3H3. The van der Waals surface area contributed by atoms with E-state index in [1.807, 2.05) is 6.07 Å². The van der Waals surface area contributed by atoms with Crippen molar-refractivity contribution in [3.05, 3.63) is 34.9 Å². The molecule has 0 spiro atoms. The number of aromatic hydroxyl groups is 1. The van der Waals surface area contributed by atoms with Crippen molar-refractivity contribution in [1.29, 1.82) is 5.26 Å². The molecule has 0 bridgehead atoms. The molecule has 1 aromatic carbocycles. The van der Waals surface area contributed by atoms with Crippen LogP contribution in [-0.2, 0) is 14.9 Å². The molecular weight excluding hydrogens is 390 g/mol. The van der Waals surface area contributed by atoms with E-state index in [1.54, 1.807) is 6.07 Å². The third-order valence-corrected chi connectivity index (χ3v) is 7.57. The van der Waals surface area contributed by atoms with Crippen LogP contribution in [0.3, 0.4) is 0 Å². The maximum absolute atomic E-state index is 13.0. The van der Waals surface area contributed by atoms with Crippen molar-refractivity contribution >= 4 is 5.97 Å². The van der Waals surface area contributed by atoms with Gasteiger partial charge < -0.3 is 14.6 Å². The number of hydrogen-bond donors (Lipinski definition) is 1. The number of carbonyl (C=O) groups excluding carboxylic acids is 1. The third-order valence-electron chi connectivity index (χ3n) is 7.57. The van der Waals surface area contributed by atoms with Crippen LogP contribution in [0, 0.1) is 17.2 Å². The van der Waals surface area contributed by atoms with Gasteiger partial charge in [0.15, 0.2) is 0 Å². The molecule has 2 atom stereocenters. The van der Waals surface area contributed by atoms with Gasteiger partial charge in [-0.2, -0.15) is 5.26 Å². The van der Waals surface area contributed by atoms with Crippen molar-refractivity contribution in [3.8, 4) is 17.6 Å². The number of fused-ring (bicyclic) bond motifs is 3. The zero-order valence-electron chi connectivity index (χ0n) is 18.9. The van der Waals surface area contributed by atoms with Gasteiger partial charge in [-0.15, -0.1) is 0 Å². The molecule has 0 aromatic heterocycles. The summed E-state index contributed by atoms with van der Waals surface area (Å²) < 4.78 is 12.0. The summed E-state index contributed by atoms with van der Waals surface area (Å²) in [4.78, 5) is 13.0. The van der Waals surface area contributed by atoms with Gasteiger partial charge in [0, 0.05) is 23.8 Å². The van der Waals surface area contributed by atoms with Crippen LogP contribution in [0.4, 0.5) is 0 Å². The SMILES string of the molecule is CC1=CCC2C(C1)c1c(O)cc(C3(C(=O)OCCCCC#N)CCC3)cc1OC2(C)C. The third kappa shape index (κ3) is 3.82. The number of nitrogens with zero attached hydrogens (tertiary/aromatic N) is 1. The Morgan fingerprint density at radius 2 is 2.10 bits per heavy atom. The fourth-order valence-electron chi connectivity index (χ4n) is 5.59. The Kier molecular flexibility index (Phi) is 5.77. The van der Waals surface area contributed by atoms with Crippen molar-refractivity contribution in [2.24, 2.45) is 5.92 Å². The van der Waals surface area contributed by atoms with Gasteiger partial charge in [0.25, 0.3) is 0 Å². The molecule has 166 valence electrons. The monoisotopic (exact) mass is 423 g/mol. The minimum Gasteiger partial charge on any atom is -0.508 e. The molecule has 5 nitrogen and oxygen atoms in total. The maximum Gasteiger partial charge on any atom is 0.316 e. The second-order valence-electron chi connectivity index (χ2n) is 10.0. The summed E-state index contributed by atoms with van der Waals surface area (Å²) in [5.41, 5.74) is 2.00. The molecule has 0 radical (unpaired) electrons. The summed E-state index contributed by atoms with van der Waals surface area (Å²) in [7, 11) is 0. The van der Waals surface area contributed by atoms with E-state index in [4.69, 9.17) is 14.7 Å². The van der Waals surface area contributed by atoms with E-state index in [-0.39, 0.29) is 23.2 Å². The number of allylic oxidation sites excluding steroid dienone is 2. The number of nitriles is 1. The lowest BCUT2D eigenvalue weighted by Crippen LogP contribution is -2.46. The molecule has 2 aliphatic carbocycles. The number of phenolic OH excluding ortho intramolecular Hbond substituents is 1. The summed E-state index contributed by atoms with van der Waals surface area (Å²) in [6, 6.07) is 5.87. The first-order chi connectivity index (χ1) is 14.8. The minimum absolute atomic E-state index is 0.223. The van der Waals surface area contributed by atoms with Crippen LogP contribution in [0.15, 0.2) is 23.8 Å². The molecule has 5 heteroatoms. The Balaban J connectivity index is 1.62. The first kappa shape index (κ1) is 21.7. The van der Waals surface area contributed by atoms with Crippen LogP contribution >= 0.6 is 0 Å². The first-order valence-corrected chi connectivity index (χ1v) is 11.5. The summed E-state index contributed by atoms with van der Waals surface area (Å²) in [5, 5.41) is 19.7. The molecule has 1 heterocycles. The Bertz CT molecular complexity index is 935. The molecule has 1 N–H and O–H groups in total. The molecule has 31 heavy (non-hydrogen) atoms. The second kappa shape index (κ2) is 8.22. The van der Waals surface area contributed by atoms with Crippen molar-refractivity contribution in [3.63, 3.8) is 0 Å². The molecule has 3 aliphatic rings. The number of unbranched alkanes of at least 4 members (excludes halogenated alkanes) is 2. The first-order valence-electron chi connectivity index (χ1n) is 11.5. The zero-order chi connectivity index (χ0) is 22.2. The highest BCUT2D eigenvalue weighted by molar-refractivity contribution is 5.85. The predicted molar refractivity (Wildman–Crippen MR) is 118 cm³/mol. The molecule has 1 aromatic rings. The lowest BCUT2D eigenvalue weighted by molar-refractivity contribution is -0.154. The Morgan fingerprint density at radius 1 is 1.32 bits per heavy atom. The quantitative estimate of drug-likeness (QED) is 0.363. The van der Waals surface area contributed by atoms with Crippen LogP contribution in [0.1, 0.15) is 89.2 Å². The van der Waals surface area contributed by atoms with E-state index in [2.05, 4.69) is 32.9 Å². The molecular formula is C26H33NO4. The lowest BCUT2D eigenvalue weighted by Gasteiger charge is -2.48. The van der Waals surface area contributed by atoms with Crippen LogP contribution in [0.25, 0.3) is 0 Å². The fourth-order valence-corrected chi connectivity index (χ4v) is 5.59. The Hall–Kier alpha value is -2.48. The lowest BCUT2D eigenvalue weighted by atomic mass is 9.63. The van der Waals surface area contributed by atoms with Crippen molar-refractivity contribution in [2.45, 2.75) is 89.1 Å². The van der Waals surface area contributed by atoms with E-state index in [0.29, 0.717) is 31.1 Å². The number of phenols is 1. The van der Waals surface area contributed by atoms with Gasteiger partial charge in [0.1, 0.15) is 17.1 Å². The van der Waals surface area contributed by atoms with Crippen LogP contribution in [-0.4, -0.2) is 23.3 Å². The number of hydrogen-bond acceptors (Lipinski definition) is 5. The van der Waals surface area contributed by atoms with Gasteiger partial charge in [-0.3, -0.25) is 4.79 Å². The highest BCUT2D eigenvalue weighted by Gasteiger charge is 2.50. The average Bonchev–Trinajstić information content (AvgIpc) is 2.65. The summed E-state index contributed by atoms with van der Waals surface area (Å²) in [6.45, 7) is 6.73. The van der Waals surface area contributed by atoms with E-state index in [9.17, 15) is 9.90 Å². The predicted octanol–water partition coefficient (Wildman–Crippen LogP) is 5.66. The van der Waals surface area contributed by atoms with Crippen molar-refractivity contribution in [1.82, 2.24) is 0 Å². The number of rotatable bonds is 6. The summed E-state index contributed by atoms with van der Waals surface area (Å²) in [5.74, 6) is 1.27. The van der Waals surface area contributed by atoms with Gasteiger partial charge in [-0.25, -0.2) is 0 Å². The number of esters is 1. The normalized spacial score (nSPS) is 25.0. The Labute approximate surface area is 185 Å². The van der Waals surface area contributed by atoms with Crippen molar-refractivity contribution < 1.29 is 19.4 Å². The molecule has 4 rings (SSSR count). The largest absolute Gasteiger partial charge is 0.508 e. The molecule has 1 aliphatic heterocycles. The smallest absolute Gasteiger partial charge is 0.316 e. The van der Waals surface area contributed by atoms with Gasteiger partial charge in [0.05, 0.1) is 18.1 Å². The number of ether oxygens (including phenoxy) is 2. The topological polar surface area (TPSA) is 79.5 Å².